The molecule has 2 aromatic heterocycles. The molecule has 23 heavy (non-hydrogen) atoms. The summed E-state index contributed by atoms with van der Waals surface area (Å²) in [7, 11) is 1.67. The van der Waals surface area contributed by atoms with E-state index < -0.39 is 0 Å². The number of nitrogens with zero attached hydrogens (tertiary/aromatic N) is 3. The van der Waals surface area contributed by atoms with E-state index in [-0.39, 0.29) is 0 Å². The van der Waals surface area contributed by atoms with Gasteiger partial charge >= 0.3 is 0 Å². The van der Waals surface area contributed by atoms with Crippen LogP contribution in [0.15, 0.2) is 64.9 Å². The van der Waals surface area contributed by atoms with Gasteiger partial charge in [-0.25, -0.2) is 0 Å². The molecule has 1 aromatic carbocycles. The first-order valence-electron chi connectivity index (χ1n) is 7.15. The third-order valence-corrected chi connectivity index (χ3v) is 4.31. The van der Waals surface area contributed by atoms with Crippen LogP contribution in [0.4, 0.5) is 0 Å². The number of hydrogen-bond acceptors (Lipinski definition) is 5. The highest BCUT2D eigenvalue weighted by Gasteiger charge is 2.15. The number of thioether (sulfide) groups is 1. The van der Waals surface area contributed by atoms with E-state index in [0.29, 0.717) is 18.1 Å². The quantitative estimate of drug-likeness (QED) is 0.484. The average Bonchev–Trinajstić information content (AvgIpc) is 3.23. The number of rotatable bonds is 7. The Kier molecular flexibility index (Phi) is 4.83. The van der Waals surface area contributed by atoms with Crippen molar-refractivity contribution in [3.63, 3.8) is 0 Å². The van der Waals surface area contributed by atoms with Crippen molar-refractivity contribution in [1.82, 2.24) is 14.8 Å². The first-order chi connectivity index (χ1) is 11.3. The van der Waals surface area contributed by atoms with Gasteiger partial charge in [0.25, 0.3) is 0 Å². The molecule has 0 saturated heterocycles. The Morgan fingerprint density at radius 2 is 2.22 bits per heavy atom. The van der Waals surface area contributed by atoms with Crippen LogP contribution >= 0.6 is 11.8 Å². The second-order valence-electron chi connectivity index (χ2n) is 4.82. The van der Waals surface area contributed by atoms with Crippen LogP contribution in [0.5, 0.6) is 5.75 Å². The van der Waals surface area contributed by atoms with Gasteiger partial charge in [0.05, 0.1) is 13.4 Å². The van der Waals surface area contributed by atoms with E-state index in [4.69, 9.17) is 9.15 Å². The molecule has 0 aliphatic carbocycles. The normalized spacial score (nSPS) is 10.7. The lowest BCUT2D eigenvalue weighted by molar-refractivity contribution is 0.414. The highest BCUT2D eigenvalue weighted by Crippen LogP contribution is 2.27. The largest absolute Gasteiger partial charge is 0.497 e. The summed E-state index contributed by atoms with van der Waals surface area (Å²) in [5.41, 5.74) is 1.17. The summed E-state index contributed by atoms with van der Waals surface area (Å²) in [4.78, 5) is 0. The maximum Gasteiger partial charge on any atom is 0.200 e. The van der Waals surface area contributed by atoms with E-state index in [1.807, 2.05) is 41.0 Å². The van der Waals surface area contributed by atoms with E-state index in [1.165, 1.54) is 5.56 Å². The van der Waals surface area contributed by atoms with Gasteiger partial charge < -0.3 is 9.15 Å². The Bertz CT molecular complexity index is 781. The van der Waals surface area contributed by atoms with E-state index >= 15 is 0 Å². The van der Waals surface area contributed by atoms with Crippen LogP contribution in [-0.2, 0) is 12.3 Å². The number of aromatic nitrogens is 3. The molecule has 6 heteroatoms. The zero-order valence-corrected chi connectivity index (χ0v) is 13.6. The van der Waals surface area contributed by atoms with Crippen LogP contribution < -0.4 is 4.74 Å². The van der Waals surface area contributed by atoms with Gasteiger partial charge in [0, 0.05) is 12.3 Å². The average molecular weight is 327 g/mol. The first-order valence-corrected chi connectivity index (χ1v) is 8.14. The van der Waals surface area contributed by atoms with Crippen molar-refractivity contribution >= 4 is 11.8 Å². The highest BCUT2D eigenvalue weighted by molar-refractivity contribution is 7.98. The zero-order valence-electron chi connectivity index (χ0n) is 12.8. The third-order valence-electron chi connectivity index (χ3n) is 3.27. The second kappa shape index (κ2) is 7.19. The van der Waals surface area contributed by atoms with Gasteiger partial charge in [0.15, 0.2) is 10.9 Å². The molecule has 0 N–H and O–H groups in total. The fourth-order valence-electron chi connectivity index (χ4n) is 2.19. The van der Waals surface area contributed by atoms with Crippen LogP contribution in [0, 0.1) is 0 Å². The molecule has 3 rings (SSSR count). The van der Waals surface area contributed by atoms with Crippen LogP contribution in [0.25, 0.3) is 11.6 Å². The van der Waals surface area contributed by atoms with Crippen molar-refractivity contribution in [3.8, 4) is 17.3 Å². The molecule has 0 saturated carbocycles. The van der Waals surface area contributed by atoms with Gasteiger partial charge in [0.1, 0.15) is 5.75 Å². The molecule has 3 aromatic rings. The van der Waals surface area contributed by atoms with E-state index in [1.54, 1.807) is 25.1 Å². The van der Waals surface area contributed by atoms with Gasteiger partial charge in [-0.1, -0.05) is 30.0 Å². The molecular formula is C17H17N3O2S. The smallest absolute Gasteiger partial charge is 0.200 e. The number of hydrogen-bond donors (Lipinski definition) is 0. The molecule has 0 aliphatic rings. The predicted molar refractivity (Wildman–Crippen MR) is 90.5 cm³/mol. The van der Waals surface area contributed by atoms with Gasteiger partial charge in [0.2, 0.25) is 5.82 Å². The standard InChI is InChI=1S/C17H17N3O2S/c1-3-9-20-16(15-8-5-10-22-15)18-19-17(20)23-12-13-6-4-7-14(11-13)21-2/h3-8,10-11H,1,9,12H2,2H3. The maximum atomic E-state index is 5.43. The van der Waals surface area contributed by atoms with Crippen LogP contribution in [-0.4, -0.2) is 21.9 Å². The summed E-state index contributed by atoms with van der Waals surface area (Å²) in [6.45, 7) is 4.44. The molecule has 0 amide bonds. The summed E-state index contributed by atoms with van der Waals surface area (Å²) in [5, 5.41) is 9.37. The predicted octanol–water partition coefficient (Wildman–Crippen LogP) is 4.03. The number of methoxy groups -OCH3 is 1. The monoisotopic (exact) mass is 327 g/mol. The third kappa shape index (κ3) is 3.48. The lowest BCUT2D eigenvalue weighted by Gasteiger charge is -2.07. The number of ether oxygens (including phenoxy) is 1. The number of allylic oxidation sites excluding steroid dienone is 1. The van der Waals surface area contributed by atoms with Gasteiger partial charge in [-0.05, 0) is 29.8 Å². The molecule has 118 valence electrons. The summed E-state index contributed by atoms with van der Waals surface area (Å²) in [6.07, 6.45) is 3.46. The van der Waals surface area contributed by atoms with Crippen molar-refractivity contribution in [3.05, 3.63) is 60.9 Å². The molecule has 5 nitrogen and oxygen atoms in total. The molecule has 0 atom stereocenters. The molecule has 0 fully saturated rings. The van der Waals surface area contributed by atoms with E-state index in [2.05, 4.69) is 22.8 Å². The fraction of sp³-hybridized carbons (Fsp3) is 0.176. The van der Waals surface area contributed by atoms with Crippen molar-refractivity contribution in [2.24, 2.45) is 0 Å². The van der Waals surface area contributed by atoms with Crippen molar-refractivity contribution in [1.29, 1.82) is 0 Å². The first kappa shape index (κ1) is 15.4. The Morgan fingerprint density at radius 1 is 1.30 bits per heavy atom. The summed E-state index contributed by atoms with van der Waals surface area (Å²) >= 11 is 1.62. The minimum Gasteiger partial charge on any atom is -0.497 e. The topological polar surface area (TPSA) is 53.1 Å². The summed E-state index contributed by atoms with van der Waals surface area (Å²) in [6, 6.07) is 11.7. The summed E-state index contributed by atoms with van der Waals surface area (Å²) < 4.78 is 12.7. The Morgan fingerprint density at radius 3 is 2.96 bits per heavy atom. The Labute approximate surface area is 139 Å². The Balaban J connectivity index is 1.81. The van der Waals surface area contributed by atoms with Crippen LogP contribution in [0.1, 0.15) is 5.56 Å². The molecular weight excluding hydrogens is 310 g/mol. The van der Waals surface area contributed by atoms with Gasteiger partial charge in [-0.3, -0.25) is 4.57 Å². The molecule has 0 unspecified atom stereocenters. The number of benzene rings is 1. The molecule has 0 spiro atoms. The van der Waals surface area contributed by atoms with Crippen molar-refractivity contribution in [2.45, 2.75) is 17.5 Å². The molecule has 0 bridgehead atoms. The summed E-state index contributed by atoms with van der Waals surface area (Å²) in [5.74, 6) is 3.05. The van der Waals surface area contributed by atoms with Gasteiger partial charge in [-0.2, -0.15) is 0 Å². The van der Waals surface area contributed by atoms with Crippen molar-refractivity contribution in [2.75, 3.05) is 7.11 Å². The SMILES string of the molecule is C=CCn1c(SCc2cccc(OC)c2)nnc1-c1ccco1. The molecule has 0 radical (unpaired) electrons. The number of furan rings is 1. The minimum absolute atomic E-state index is 0.628. The molecule has 0 aliphatic heterocycles. The maximum absolute atomic E-state index is 5.43. The van der Waals surface area contributed by atoms with Gasteiger partial charge in [-0.15, -0.1) is 16.8 Å². The Hall–Kier alpha value is -2.47. The second-order valence-corrected chi connectivity index (χ2v) is 5.77. The van der Waals surface area contributed by atoms with Crippen LogP contribution in [0.3, 0.4) is 0 Å². The van der Waals surface area contributed by atoms with Crippen molar-refractivity contribution < 1.29 is 9.15 Å². The fourth-order valence-corrected chi connectivity index (χ4v) is 3.08. The lowest BCUT2D eigenvalue weighted by Crippen LogP contribution is -2.00. The van der Waals surface area contributed by atoms with E-state index in [9.17, 15) is 0 Å². The highest BCUT2D eigenvalue weighted by atomic mass is 32.2. The van der Waals surface area contributed by atoms with E-state index in [0.717, 1.165) is 16.7 Å². The lowest BCUT2D eigenvalue weighted by atomic mass is 10.2. The van der Waals surface area contributed by atoms with Crippen LogP contribution in [0.2, 0.25) is 0 Å². The minimum atomic E-state index is 0.628. The zero-order chi connectivity index (χ0) is 16.1. The molecule has 2 heterocycles.